The Bertz CT molecular complexity index is 875. The van der Waals surface area contributed by atoms with E-state index in [-0.39, 0.29) is 11.7 Å². The van der Waals surface area contributed by atoms with Gasteiger partial charge in [0.15, 0.2) is 11.0 Å². The van der Waals surface area contributed by atoms with E-state index in [0.29, 0.717) is 28.3 Å². The number of carbonyl (C=O) groups excluding carboxylic acids is 1. The van der Waals surface area contributed by atoms with E-state index in [2.05, 4.69) is 16.3 Å². The van der Waals surface area contributed by atoms with E-state index < -0.39 is 0 Å². The molecule has 0 unspecified atom stereocenters. The van der Waals surface area contributed by atoms with Crippen LogP contribution >= 0.6 is 11.8 Å². The van der Waals surface area contributed by atoms with Crippen LogP contribution < -0.4 is 0 Å². The summed E-state index contributed by atoms with van der Waals surface area (Å²) in [5.41, 5.74) is 1.61. The molecular formula is C20H23FN4OS. The van der Waals surface area contributed by atoms with Gasteiger partial charge in [0.05, 0.1) is 11.3 Å². The highest BCUT2D eigenvalue weighted by Crippen LogP contribution is 2.34. The number of amides is 1. The second kappa shape index (κ2) is 7.84. The highest BCUT2D eigenvalue weighted by atomic mass is 32.2. The first-order chi connectivity index (χ1) is 13.1. The average Bonchev–Trinajstić information content (AvgIpc) is 3.44. The molecule has 142 valence electrons. The SMILES string of the molecule is Cn1c(SCC(=O)N(C2=CCCCC2)C2CC2)nnc1-c1ccccc1F. The molecule has 1 aromatic heterocycles. The zero-order valence-corrected chi connectivity index (χ0v) is 16.2. The molecular weight excluding hydrogens is 363 g/mol. The lowest BCUT2D eigenvalue weighted by molar-refractivity contribution is -0.127. The number of carbonyl (C=O) groups is 1. The molecule has 7 heteroatoms. The van der Waals surface area contributed by atoms with Crippen LogP contribution in [-0.2, 0) is 11.8 Å². The maximum Gasteiger partial charge on any atom is 0.237 e. The van der Waals surface area contributed by atoms with Gasteiger partial charge in [-0.05, 0) is 50.7 Å². The largest absolute Gasteiger partial charge is 0.313 e. The molecule has 1 amide bonds. The summed E-state index contributed by atoms with van der Waals surface area (Å²) in [6.07, 6.45) is 8.84. The summed E-state index contributed by atoms with van der Waals surface area (Å²) in [7, 11) is 1.80. The van der Waals surface area contributed by atoms with Gasteiger partial charge in [0.1, 0.15) is 5.82 Å². The molecule has 0 spiro atoms. The first-order valence-corrected chi connectivity index (χ1v) is 10.4. The summed E-state index contributed by atoms with van der Waals surface area (Å²) in [6.45, 7) is 0. The molecule has 0 aliphatic heterocycles. The van der Waals surface area contributed by atoms with E-state index in [9.17, 15) is 9.18 Å². The fourth-order valence-electron chi connectivity index (χ4n) is 3.48. The molecule has 27 heavy (non-hydrogen) atoms. The number of aromatic nitrogens is 3. The van der Waals surface area contributed by atoms with Gasteiger partial charge < -0.3 is 9.47 Å². The molecule has 4 rings (SSSR count). The summed E-state index contributed by atoms with van der Waals surface area (Å²) in [5, 5.41) is 8.90. The van der Waals surface area contributed by atoms with Gasteiger partial charge in [-0.3, -0.25) is 4.79 Å². The molecule has 0 atom stereocenters. The first-order valence-electron chi connectivity index (χ1n) is 9.43. The Labute approximate surface area is 162 Å². The van der Waals surface area contributed by atoms with Crippen LogP contribution in [0.5, 0.6) is 0 Å². The summed E-state index contributed by atoms with van der Waals surface area (Å²) in [6, 6.07) is 6.88. The maximum absolute atomic E-state index is 14.0. The zero-order valence-electron chi connectivity index (χ0n) is 15.4. The minimum Gasteiger partial charge on any atom is -0.313 e. The van der Waals surface area contributed by atoms with Crippen molar-refractivity contribution in [3.8, 4) is 11.4 Å². The van der Waals surface area contributed by atoms with Gasteiger partial charge in [-0.2, -0.15) is 0 Å². The summed E-state index contributed by atoms with van der Waals surface area (Å²) in [4.78, 5) is 14.9. The van der Waals surface area contributed by atoms with Crippen LogP contribution in [0.15, 0.2) is 41.2 Å². The van der Waals surface area contributed by atoms with Crippen molar-refractivity contribution in [1.29, 1.82) is 0 Å². The van der Waals surface area contributed by atoms with E-state index in [1.54, 1.807) is 29.8 Å². The third kappa shape index (κ3) is 3.93. The van der Waals surface area contributed by atoms with Crippen LogP contribution in [0.1, 0.15) is 38.5 Å². The van der Waals surface area contributed by atoms with E-state index in [0.717, 1.165) is 32.1 Å². The number of allylic oxidation sites excluding steroid dienone is 2. The lowest BCUT2D eigenvalue weighted by atomic mass is 10.0. The second-order valence-electron chi connectivity index (χ2n) is 7.07. The lowest BCUT2D eigenvalue weighted by Crippen LogP contribution is -2.34. The summed E-state index contributed by atoms with van der Waals surface area (Å²) >= 11 is 1.36. The summed E-state index contributed by atoms with van der Waals surface area (Å²) < 4.78 is 15.8. The Hall–Kier alpha value is -2.15. The normalized spacial score (nSPS) is 16.9. The number of thioether (sulfide) groups is 1. The molecule has 0 radical (unpaired) electrons. The predicted molar refractivity (Wildman–Crippen MR) is 104 cm³/mol. The molecule has 1 saturated carbocycles. The van der Waals surface area contributed by atoms with E-state index in [1.807, 2.05) is 4.90 Å². The van der Waals surface area contributed by atoms with Crippen LogP contribution in [0.25, 0.3) is 11.4 Å². The molecule has 2 aromatic rings. The van der Waals surface area contributed by atoms with Gasteiger partial charge in [0.25, 0.3) is 0 Å². The minimum atomic E-state index is -0.329. The van der Waals surface area contributed by atoms with Crippen molar-refractivity contribution in [3.05, 3.63) is 41.9 Å². The number of hydrogen-bond acceptors (Lipinski definition) is 4. The number of rotatable bonds is 6. The lowest BCUT2D eigenvalue weighted by Gasteiger charge is -2.27. The van der Waals surface area contributed by atoms with Crippen LogP contribution in [0.3, 0.4) is 0 Å². The van der Waals surface area contributed by atoms with E-state index in [1.165, 1.54) is 29.9 Å². The highest BCUT2D eigenvalue weighted by Gasteiger charge is 2.35. The predicted octanol–water partition coefficient (Wildman–Crippen LogP) is 4.16. The summed E-state index contributed by atoms with van der Waals surface area (Å²) in [5.74, 6) is 0.588. The zero-order chi connectivity index (χ0) is 18.8. The van der Waals surface area contributed by atoms with Crippen LogP contribution in [-0.4, -0.2) is 37.4 Å². The minimum absolute atomic E-state index is 0.131. The Morgan fingerprint density at radius 1 is 1.30 bits per heavy atom. The molecule has 0 N–H and O–H groups in total. The molecule has 2 aliphatic carbocycles. The molecule has 2 aliphatic rings. The van der Waals surface area contributed by atoms with E-state index >= 15 is 0 Å². The monoisotopic (exact) mass is 386 g/mol. The third-order valence-electron chi connectivity index (χ3n) is 5.03. The Kier molecular flexibility index (Phi) is 5.29. The van der Waals surface area contributed by atoms with Crippen molar-refractivity contribution in [2.75, 3.05) is 5.75 Å². The van der Waals surface area contributed by atoms with Crippen molar-refractivity contribution in [3.63, 3.8) is 0 Å². The van der Waals surface area contributed by atoms with Gasteiger partial charge >= 0.3 is 0 Å². The fraction of sp³-hybridized carbons (Fsp3) is 0.450. The van der Waals surface area contributed by atoms with Crippen LogP contribution in [0.4, 0.5) is 4.39 Å². The highest BCUT2D eigenvalue weighted by molar-refractivity contribution is 7.99. The Balaban J connectivity index is 1.46. The fourth-order valence-corrected chi connectivity index (χ4v) is 4.25. The van der Waals surface area contributed by atoms with Crippen molar-refractivity contribution in [1.82, 2.24) is 19.7 Å². The number of nitrogens with zero attached hydrogens (tertiary/aromatic N) is 4. The van der Waals surface area contributed by atoms with Crippen LogP contribution in [0, 0.1) is 5.82 Å². The molecule has 0 bridgehead atoms. The first kappa shape index (κ1) is 18.2. The van der Waals surface area contributed by atoms with Gasteiger partial charge in [-0.1, -0.05) is 30.0 Å². The molecule has 0 saturated heterocycles. The Morgan fingerprint density at radius 2 is 2.11 bits per heavy atom. The van der Waals surface area contributed by atoms with Crippen molar-refractivity contribution in [2.24, 2.45) is 7.05 Å². The van der Waals surface area contributed by atoms with E-state index in [4.69, 9.17) is 0 Å². The van der Waals surface area contributed by atoms with Crippen molar-refractivity contribution >= 4 is 17.7 Å². The van der Waals surface area contributed by atoms with Gasteiger partial charge in [-0.25, -0.2) is 4.39 Å². The number of benzene rings is 1. The molecule has 5 nitrogen and oxygen atoms in total. The maximum atomic E-state index is 14.0. The smallest absolute Gasteiger partial charge is 0.237 e. The third-order valence-corrected chi connectivity index (χ3v) is 6.04. The van der Waals surface area contributed by atoms with Crippen molar-refractivity contribution in [2.45, 2.75) is 49.7 Å². The standard InChI is InChI=1S/C20H23FN4OS/c1-24-19(16-9-5-6-10-17(16)21)22-23-20(24)27-13-18(26)25(15-11-12-15)14-7-3-2-4-8-14/h5-7,9-10,15H,2-4,8,11-13H2,1H3. The number of hydrogen-bond donors (Lipinski definition) is 0. The Morgan fingerprint density at radius 3 is 2.81 bits per heavy atom. The topological polar surface area (TPSA) is 51.0 Å². The van der Waals surface area contributed by atoms with Gasteiger partial charge in [0.2, 0.25) is 5.91 Å². The van der Waals surface area contributed by atoms with Gasteiger partial charge in [0, 0.05) is 18.8 Å². The second-order valence-corrected chi connectivity index (χ2v) is 8.01. The quantitative estimate of drug-likeness (QED) is 0.700. The molecule has 1 heterocycles. The number of halogens is 1. The van der Waals surface area contributed by atoms with Crippen molar-refractivity contribution < 1.29 is 9.18 Å². The van der Waals surface area contributed by atoms with Crippen LogP contribution in [0.2, 0.25) is 0 Å². The molecule has 1 aromatic carbocycles. The van der Waals surface area contributed by atoms with Gasteiger partial charge in [-0.15, -0.1) is 10.2 Å². The molecule has 1 fully saturated rings. The average molecular weight is 386 g/mol.